The summed E-state index contributed by atoms with van der Waals surface area (Å²) in [4.78, 5) is 1.12. The molecule has 2 aromatic carbocycles. The standard InChI is InChI=1S/C16H14FIN2S/c17-12-3-6-15-11(8-12)9-16(21-15)14(20-19)7-10-1-4-13(18)5-2-10/h1-6,8-9,14,20H,7,19H2. The van der Waals surface area contributed by atoms with Gasteiger partial charge >= 0.3 is 0 Å². The number of halogens is 2. The summed E-state index contributed by atoms with van der Waals surface area (Å²) < 4.78 is 15.6. The van der Waals surface area contributed by atoms with Gasteiger partial charge in [0.25, 0.3) is 0 Å². The van der Waals surface area contributed by atoms with E-state index in [1.165, 1.54) is 15.2 Å². The maximum absolute atomic E-state index is 13.3. The van der Waals surface area contributed by atoms with Crippen molar-refractivity contribution in [3.05, 3.63) is 68.4 Å². The first kappa shape index (κ1) is 14.9. The first-order chi connectivity index (χ1) is 10.2. The maximum atomic E-state index is 13.3. The summed E-state index contributed by atoms with van der Waals surface area (Å²) in [5.74, 6) is 5.51. The lowest BCUT2D eigenvalue weighted by Crippen LogP contribution is -2.28. The van der Waals surface area contributed by atoms with Crippen LogP contribution in [0.4, 0.5) is 4.39 Å². The van der Waals surface area contributed by atoms with Crippen LogP contribution in [-0.4, -0.2) is 0 Å². The summed E-state index contributed by atoms with van der Waals surface area (Å²) in [6, 6.07) is 15.3. The van der Waals surface area contributed by atoms with Crippen LogP contribution in [0.1, 0.15) is 16.5 Å². The van der Waals surface area contributed by atoms with E-state index in [1.54, 1.807) is 17.4 Å². The van der Waals surface area contributed by atoms with Gasteiger partial charge in [-0.2, -0.15) is 0 Å². The van der Waals surface area contributed by atoms with Crippen molar-refractivity contribution >= 4 is 44.0 Å². The number of benzene rings is 2. The zero-order valence-corrected chi connectivity index (χ0v) is 14.1. The third-order valence-corrected chi connectivity index (χ3v) is 5.34. The minimum Gasteiger partial charge on any atom is -0.271 e. The van der Waals surface area contributed by atoms with E-state index in [4.69, 9.17) is 5.84 Å². The van der Waals surface area contributed by atoms with Crippen molar-refractivity contribution in [3.63, 3.8) is 0 Å². The van der Waals surface area contributed by atoms with Gasteiger partial charge in [0, 0.05) is 13.1 Å². The quantitative estimate of drug-likeness (QED) is 0.379. The first-order valence-electron chi connectivity index (χ1n) is 6.55. The van der Waals surface area contributed by atoms with Gasteiger partial charge in [-0.05, 0) is 76.4 Å². The minimum absolute atomic E-state index is 0.0329. The van der Waals surface area contributed by atoms with E-state index >= 15 is 0 Å². The van der Waals surface area contributed by atoms with Gasteiger partial charge in [0.2, 0.25) is 0 Å². The summed E-state index contributed by atoms with van der Waals surface area (Å²) in [5.41, 5.74) is 4.10. The van der Waals surface area contributed by atoms with Gasteiger partial charge < -0.3 is 0 Å². The Labute approximate surface area is 140 Å². The number of hydrogen-bond donors (Lipinski definition) is 2. The van der Waals surface area contributed by atoms with Crippen molar-refractivity contribution in [2.24, 2.45) is 5.84 Å². The highest BCUT2D eigenvalue weighted by atomic mass is 127. The molecule has 1 atom stereocenters. The van der Waals surface area contributed by atoms with Crippen molar-refractivity contribution in [2.45, 2.75) is 12.5 Å². The molecule has 1 aromatic heterocycles. The molecule has 5 heteroatoms. The average molecular weight is 412 g/mol. The van der Waals surface area contributed by atoms with Gasteiger partial charge in [0.15, 0.2) is 0 Å². The minimum atomic E-state index is -0.207. The van der Waals surface area contributed by atoms with Gasteiger partial charge in [0.1, 0.15) is 5.82 Å². The molecule has 2 nitrogen and oxygen atoms in total. The van der Waals surface area contributed by atoms with E-state index in [0.717, 1.165) is 21.4 Å². The maximum Gasteiger partial charge on any atom is 0.123 e. The second-order valence-electron chi connectivity index (χ2n) is 4.88. The second kappa shape index (κ2) is 6.39. The molecule has 3 N–H and O–H groups in total. The van der Waals surface area contributed by atoms with Gasteiger partial charge in [0.05, 0.1) is 6.04 Å². The van der Waals surface area contributed by atoms with Crippen molar-refractivity contribution in [1.82, 2.24) is 5.43 Å². The largest absolute Gasteiger partial charge is 0.271 e. The molecule has 0 spiro atoms. The van der Waals surface area contributed by atoms with E-state index in [-0.39, 0.29) is 11.9 Å². The molecular weight excluding hydrogens is 398 g/mol. The third kappa shape index (κ3) is 3.42. The third-order valence-electron chi connectivity index (χ3n) is 3.40. The van der Waals surface area contributed by atoms with Crippen LogP contribution >= 0.6 is 33.9 Å². The molecular formula is C16H14FIN2S. The Morgan fingerprint density at radius 3 is 2.62 bits per heavy atom. The van der Waals surface area contributed by atoms with Crippen LogP contribution in [0, 0.1) is 9.39 Å². The van der Waals surface area contributed by atoms with Crippen molar-refractivity contribution in [1.29, 1.82) is 0 Å². The van der Waals surface area contributed by atoms with Crippen LogP contribution in [0.5, 0.6) is 0 Å². The first-order valence-corrected chi connectivity index (χ1v) is 8.45. The molecule has 3 aromatic rings. The van der Waals surface area contributed by atoms with E-state index in [9.17, 15) is 4.39 Å². The molecule has 3 rings (SSSR count). The van der Waals surface area contributed by atoms with Gasteiger partial charge in [-0.3, -0.25) is 11.3 Å². The summed E-state index contributed by atoms with van der Waals surface area (Å²) in [5, 5.41) is 0.929. The Morgan fingerprint density at radius 1 is 1.14 bits per heavy atom. The smallest absolute Gasteiger partial charge is 0.123 e. The molecule has 108 valence electrons. The Morgan fingerprint density at radius 2 is 1.90 bits per heavy atom. The second-order valence-corrected chi connectivity index (χ2v) is 7.24. The zero-order chi connectivity index (χ0) is 14.8. The molecule has 1 unspecified atom stereocenters. The molecule has 0 saturated carbocycles. The Balaban J connectivity index is 1.88. The highest BCUT2D eigenvalue weighted by Crippen LogP contribution is 2.31. The lowest BCUT2D eigenvalue weighted by molar-refractivity contribution is 0.561. The average Bonchev–Trinajstić information content (AvgIpc) is 2.89. The molecule has 0 fully saturated rings. The zero-order valence-electron chi connectivity index (χ0n) is 11.1. The lowest BCUT2D eigenvalue weighted by Gasteiger charge is -2.14. The summed E-state index contributed by atoms with van der Waals surface area (Å²) in [7, 11) is 0. The predicted molar refractivity (Wildman–Crippen MR) is 94.7 cm³/mol. The molecule has 1 heterocycles. The van der Waals surface area contributed by atoms with Crippen LogP contribution in [-0.2, 0) is 6.42 Å². The number of rotatable bonds is 4. The van der Waals surface area contributed by atoms with Crippen molar-refractivity contribution < 1.29 is 4.39 Å². The van der Waals surface area contributed by atoms with E-state index in [2.05, 4.69) is 52.3 Å². The van der Waals surface area contributed by atoms with Crippen LogP contribution in [0.25, 0.3) is 10.1 Å². The molecule has 21 heavy (non-hydrogen) atoms. The molecule has 0 aliphatic carbocycles. The number of fused-ring (bicyclic) bond motifs is 1. The van der Waals surface area contributed by atoms with Gasteiger partial charge in [-0.15, -0.1) is 11.3 Å². The van der Waals surface area contributed by atoms with Crippen LogP contribution < -0.4 is 11.3 Å². The number of nitrogens with one attached hydrogen (secondary N) is 1. The van der Waals surface area contributed by atoms with E-state index in [1.807, 2.05) is 12.1 Å². The summed E-state index contributed by atoms with van der Waals surface area (Å²) >= 11 is 3.94. The fraction of sp³-hybridized carbons (Fsp3) is 0.125. The van der Waals surface area contributed by atoms with Crippen LogP contribution in [0.15, 0.2) is 48.5 Å². The van der Waals surface area contributed by atoms with Gasteiger partial charge in [-0.1, -0.05) is 12.1 Å². The Bertz CT molecular complexity index is 755. The van der Waals surface area contributed by atoms with E-state index in [0.29, 0.717) is 0 Å². The van der Waals surface area contributed by atoms with Gasteiger partial charge in [-0.25, -0.2) is 4.39 Å². The highest BCUT2D eigenvalue weighted by molar-refractivity contribution is 14.1. The molecule has 0 radical (unpaired) electrons. The monoisotopic (exact) mass is 412 g/mol. The van der Waals surface area contributed by atoms with Crippen LogP contribution in [0.2, 0.25) is 0 Å². The summed E-state index contributed by atoms with van der Waals surface area (Å²) in [6.07, 6.45) is 0.808. The molecule has 0 aliphatic heterocycles. The fourth-order valence-corrected chi connectivity index (χ4v) is 3.77. The molecule has 0 saturated heterocycles. The topological polar surface area (TPSA) is 38.0 Å². The lowest BCUT2D eigenvalue weighted by atomic mass is 10.0. The number of thiophene rings is 1. The number of hydrogen-bond acceptors (Lipinski definition) is 3. The highest BCUT2D eigenvalue weighted by Gasteiger charge is 2.14. The van der Waals surface area contributed by atoms with Crippen molar-refractivity contribution in [3.8, 4) is 0 Å². The molecule has 0 aliphatic rings. The molecule has 0 bridgehead atoms. The van der Waals surface area contributed by atoms with Crippen LogP contribution in [0.3, 0.4) is 0 Å². The predicted octanol–water partition coefficient (Wildman–Crippen LogP) is 4.39. The van der Waals surface area contributed by atoms with Crippen molar-refractivity contribution in [2.75, 3.05) is 0 Å². The number of hydrazine groups is 1. The summed E-state index contributed by atoms with van der Waals surface area (Å²) in [6.45, 7) is 0. The Hall–Kier alpha value is -1.02. The van der Waals surface area contributed by atoms with E-state index < -0.39 is 0 Å². The fourth-order valence-electron chi connectivity index (χ4n) is 2.30. The normalized spacial score (nSPS) is 12.7. The number of nitrogens with two attached hydrogens (primary N) is 1. The molecule has 0 amide bonds. The Kier molecular flexibility index (Phi) is 4.54. The SMILES string of the molecule is NNC(Cc1ccc(I)cc1)c1cc2cc(F)ccc2s1.